The van der Waals surface area contributed by atoms with Crippen LogP contribution >= 0.6 is 12.2 Å². The lowest BCUT2D eigenvalue weighted by Crippen LogP contribution is -2.03. The summed E-state index contributed by atoms with van der Waals surface area (Å²) < 4.78 is 9.95. The number of aromatic amines is 1. The van der Waals surface area contributed by atoms with Gasteiger partial charge in [0, 0.05) is 7.05 Å². The van der Waals surface area contributed by atoms with E-state index in [0.29, 0.717) is 11.3 Å². The first-order valence-corrected chi connectivity index (χ1v) is 6.28. The molecule has 3 aromatic rings. The molecular weight excluding hydrogens is 248 g/mol. The summed E-state index contributed by atoms with van der Waals surface area (Å²) in [7, 11) is 1.93. The van der Waals surface area contributed by atoms with Crippen LogP contribution in [0.5, 0.6) is 0 Å². The van der Waals surface area contributed by atoms with Gasteiger partial charge in [-0.15, -0.1) is 0 Å². The first kappa shape index (κ1) is 11.3. The summed E-state index contributed by atoms with van der Waals surface area (Å²) in [5.41, 5.74) is 3.07. The maximum atomic E-state index is 5.37. The summed E-state index contributed by atoms with van der Waals surface area (Å²) in [6, 6.07) is 3.82. The smallest absolute Gasteiger partial charge is 0.179 e. The lowest BCUT2D eigenvalue weighted by atomic mass is 10.3. The van der Waals surface area contributed by atoms with Gasteiger partial charge in [0.15, 0.2) is 10.4 Å². The molecule has 0 aromatic carbocycles. The van der Waals surface area contributed by atoms with Crippen LogP contribution in [-0.4, -0.2) is 19.3 Å². The Morgan fingerprint density at radius 1 is 1.50 bits per heavy atom. The van der Waals surface area contributed by atoms with Crippen LogP contribution < -0.4 is 0 Å². The highest BCUT2D eigenvalue weighted by Gasteiger charge is 2.14. The molecule has 0 aliphatic rings. The van der Waals surface area contributed by atoms with Gasteiger partial charge in [-0.05, 0) is 30.8 Å². The molecular formula is C12H14N4OS. The van der Waals surface area contributed by atoms with Crippen molar-refractivity contribution < 1.29 is 4.42 Å². The second-order valence-corrected chi connectivity index (χ2v) is 4.60. The fourth-order valence-electron chi connectivity index (χ4n) is 2.23. The Balaban J connectivity index is 2.19. The highest BCUT2D eigenvalue weighted by atomic mass is 32.1. The van der Waals surface area contributed by atoms with Crippen molar-refractivity contribution in [1.82, 2.24) is 19.3 Å². The van der Waals surface area contributed by atoms with Crippen LogP contribution in [0.1, 0.15) is 18.4 Å². The molecule has 3 rings (SSSR count). The molecule has 0 aliphatic carbocycles. The van der Waals surface area contributed by atoms with Crippen LogP contribution in [0, 0.1) is 4.77 Å². The topological polar surface area (TPSA) is 51.7 Å². The summed E-state index contributed by atoms with van der Waals surface area (Å²) in [5, 5.41) is 4.49. The first-order valence-electron chi connectivity index (χ1n) is 5.87. The van der Waals surface area contributed by atoms with E-state index in [0.717, 1.165) is 29.0 Å². The van der Waals surface area contributed by atoms with Gasteiger partial charge in [-0.3, -0.25) is 9.25 Å². The quantitative estimate of drug-likeness (QED) is 0.738. The van der Waals surface area contributed by atoms with Gasteiger partial charge in [0.25, 0.3) is 0 Å². The standard InChI is InChI=1S/C12H14N4OS/c1-3-9-10-11(15(2)14-9)16(12(18)13-10)7-8-5-4-6-17-8/h4-6H,3,7H2,1-2H3,(H,13,18). The molecule has 0 unspecified atom stereocenters. The van der Waals surface area contributed by atoms with Crippen LogP contribution in [0.4, 0.5) is 0 Å². The van der Waals surface area contributed by atoms with Crippen LogP contribution in [0.25, 0.3) is 11.2 Å². The fraction of sp³-hybridized carbons (Fsp3) is 0.333. The molecule has 0 atom stereocenters. The molecule has 0 fully saturated rings. The number of nitrogens with one attached hydrogen (secondary N) is 1. The second kappa shape index (κ2) is 4.13. The van der Waals surface area contributed by atoms with Gasteiger partial charge in [0.05, 0.1) is 18.5 Å². The monoisotopic (exact) mass is 262 g/mol. The van der Waals surface area contributed by atoms with E-state index in [4.69, 9.17) is 16.6 Å². The number of hydrogen-bond donors (Lipinski definition) is 1. The van der Waals surface area contributed by atoms with Crippen molar-refractivity contribution in [3.8, 4) is 0 Å². The van der Waals surface area contributed by atoms with Crippen LogP contribution in [0.3, 0.4) is 0 Å². The van der Waals surface area contributed by atoms with E-state index in [1.165, 1.54) is 0 Å². The predicted octanol–water partition coefficient (Wildman–Crippen LogP) is 2.64. The first-order chi connectivity index (χ1) is 8.70. The Hall–Kier alpha value is -1.82. The van der Waals surface area contributed by atoms with Crippen molar-refractivity contribution in [3.05, 3.63) is 34.6 Å². The molecule has 1 N–H and O–H groups in total. The number of nitrogens with zero attached hydrogens (tertiary/aromatic N) is 3. The van der Waals surface area contributed by atoms with E-state index in [1.807, 2.05) is 28.4 Å². The number of fused-ring (bicyclic) bond motifs is 1. The summed E-state index contributed by atoms with van der Waals surface area (Å²) in [5.74, 6) is 0.881. The Morgan fingerprint density at radius 2 is 2.33 bits per heavy atom. The van der Waals surface area contributed by atoms with E-state index < -0.39 is 0 Å². The molecule has 18 heavy (non-hydrogen) atoms. The van der Waals surface area contributed by atoms with Crippen LogP contribution in [-0.2, 0) is 20.0 Å². The van der Waals surface area contributed by atoms with Crippen molar-refractivity contribution in [2.45, 2.75) is 19.9 Å². The van der Waals surface area contributed by atoms with Crippen LogP contribution in [0.15, 0.2) is 22.8 Å². The molecule has 3 aromatic heterocycles. The number of H-pyrrole nitrogens is 1. The van der Waals surface area contributed by atoms with Gasteiger partial charge in [-0.25, -0.2) is 0 Å². The number of aryl methyl sites for hydroxylation is 2. The zero-order valence-electron chi connectivity index (χ0n) is 10.3. The maximum absolute atomic E-state index is 5.37. The highest BCUT2D eigenvalue weighted by Crippen LogP contribution is 2.19. The third-order valence-electron chi connectivity index (χ3n) is 3.05. The van der Waals surface area contributed by atoms with Gasteiger partial charge >= 0.3 is 0 Å². The molecule has 0 spiro atoms. The lowest BCUT2D eigenvalue weighted by molar-refractivity contribution is 0.493. The summed E-state index contributed by atoms with van der Waals surface area (Å²) in [4.78, 5) is 3.23. The molecule has 0 radical (unpaired) electrons. The zero-order valence-corrected chi connectivity index (χ0v) is 11.1. The highest BCUT2D eigenvalue weighted by molar-refractivity contribution is 7.71. The van der Waals surface area contributed by atoms with Crippen molar-refractivity contribution in [1.29, 1.82) is 0 Å². The average molecular weight is 262 g/mol. The Labute approximate surface area is 109 Å². The third-order valence-corrected chi connectivity index (χ3v) is 3.37. The normalized spacial score (nSPS) is 11.4. The summed E-state index contributed by atoms with van der Waals surface area (Å²) >= 11 is 5.37. The third kappa shape index (κ3) is 1.60. The minimum atomic E-state index is 0.620. The van der Waals surface area contributed by atoms with Crippen LogP contribution in [0.2, 0.25) is 0 Å². The van der Waals surface area contributed by atoms with Gasteiger partial charge in [0.1, 0.15) is 11.3 Å². The Bertz CT molecular complexity index is 732. The van der Waals surface area contributed by atoms with Gasteiger partial charge < -0.3 is 9.40 Å². The van der Waals surface area contributed by atoms with E-state index >= 15 is 0 Å². The van der Waals surface area contributed by atoms with E-state index in [1.54, 1.807) is 6.26 Å². The molecule has 0 amide bonds. The summed E-state index contributed by atoms with van der Waals surface area (Å²) in [6.07, 6.45) is 2.55. The number of imidazole rings is 1. The van der Waals surface area contributed by atoms with E-state index in [9.17, 15) is 0 Å². The molecule has 0 saturated carbocycles. The zero-order chi connectivity index (χ0) is 12.7. The molecule has 0 aliphatic heterocycles. The van der Waals surface area contributed by atoms with Gasteiger partial charge in [-0.2, -0.15) is 5.10 Å². The van der Waals surface area contributed by atoms with Crippen molar-refractivity contribution >= 4 is 23.4 Å². The summed E-state index contributed by atoms with van der Waals surface area (Å²) in [6.45, 7) is 2.71. The predicted molar refractivity (Wildman–Crippen MR) is 71.1 cm³/mol. The van der Waals surface area contributed by atoms with E-state index in [2.05, 4.69) is 17.0 Å². The largest absolute Gasteiger partial charge is 0.467 e. The fourth-order valence-corrected chi connectivity index (χ4v) is 2.48. The Morgan fingerprint density at radius 3 is 3.00 bits per heavy atom. The molecule has 0 bridgehead atoms. The number of aromatic nitrogens is 4. The molecule has 6 heteroatoms. The molecule has 5 nitrogen and oxygen atoms in total. The van der Waals surface area contributed by atoms with Crippen molar-refractivity contribution in [2.75, 3.05) is 0 Å². The SMILES string of the molecule is CCc1nn(C)c2c1[nH]c(=S)n2Cc1ccco1. The van der Waals surface area contributed by atoms with Gasteiger partial charge in [0.2, 0.25) is 0 Å². The minimum Gasteiger partial charge on any atom is -0.467 e. The van der Waals surface area contributed by atoms with Crippen molar-refractivity contribution in [2.24, 2.45) is 7.05 Å². The van der Waals surface area contributed by atoms with E-state index in [-0.39, 0.29) is 0 Å². The average Bonchev–Trinajstić information content (AvgIpc) is 3.01. The number of furan rings is 1. The number of rotatable bonds is 3. The number of hydrogen-bond acceptors (Lipinski definition) is 3. The molecule has 0 saturated heterocycles. The molecule has 94 valence electrons. The van der Waals surface area contributed by atoms with Gasteiger partial charge in [-0.1, -0.05) is 6.92 Å². The maximum Gasteiger partial charge on any atom is 0.179 e. The lowest BCUT2D eigenvalue weighted by Gasteiger charge is -2.01. The molecule has 3 heterocycles. The van der Waals surface area contributed by atoms with Crippen molar-refractivity contribution in [3.63, 3.8) is 0 Å². The second-order valence-electron chi connectivity index (χ2n) is 4.22. The Kier molecular flexibility index (Phi) is 2.59. The minimum absolute atomic E-state index is 0.620.